The van der Waals surface area contributed by atoms with E-state index in [1.807, 2.05) is 47.2 Å². The third kappa shape index (κ3) is 2.03. The highest BCUT2D eigenvalue weighted by Crippen LogP contribution is 2.30. The summed E-state index contributed by atoms with van der Waals surface area (Å²) in [4.78, 5) is 28.4. The van der Waals surface area contributed by atoms with E-state index in [0.717, 1.165) is 10.1 Å². The molecule has 110 valence electrons. The van der Waals surface area contributed by atoms with Crippen LogP contribution in [0.4, 0.5) is 11.5 Å². The molecular weight excluding hydrogens is 268 g/mol. The smallest absolute Gasteiger partial charge is 0.332 e. The van der Waals surface area contributed by atoms with Crippen molar-refractivity contribution in [3.63, 3.8) is 0 Å². The molecule has 1 aliphatic heterocycles. The van der Waals surface area contributed by atoms with Gasteiger partial charge in [-0.25, -0.2) is 4.79 Å². The van der Waals surface area contributed by atoms with E-state index in [-0.39, 0.29) is 11.2 Å². The summed E-state index contributed by atoms with van der Waals surface area (Å²) in [7, 11) is 5.11. The first-order valence-electron chi connectivity index (χ1n) is 6.80. The first-order valence-corrected chi connectivity index (χ1v) is 6.80. The van der Waals surface area contributed by atoms with Crippen LogP contribution in [0, 0.1) is 0 Å². The van der Waals surface area contributed by atoms with Crippen molar-refractivity contribution in [1.29, 1.82) is 0 Å². The van der Waals surface area contributed by atoms with Crippen molar-refractivity contribution in [1.82, 2.24) is 9.13 Å². The van der Waals surface area contributed by atoms with E-state index in [0.29, 0.717) is 24.7 Å². The minimum atomic E-state index is -0.299. The minimum Gasteiger partial charge on any atom is -0.342 e. The van der Waals surface area contributed by atoms with Gasteiger partial charge in [-0.3, -0.25) is 13.9 Å². The molecule has 0 fully saturated rings. The summed E-state index contributed by atoms with van der Waals surface area (Å²) in [6, 6.07) is 9.99. The largest absolute Gasteiger partial charge is 0.342 e. The van der Waals surface area contributed by atoms with Gasteiger partial charge in [-0.05, 0) is 5.56 Å². The van der Waals surface area contributed by atoms with Gasteiger partial charge in [0, 0.05) is 27.7 Å². The average molecular weight is 286 g/mol. The van der Waals surface area contributed by atoms with Crippen LogP contribution >= 0.6 is 0 Å². The molecule has 0 amide bonds. The summed E-state index contributed by atoms with van der Waals surface area (Å²) in [6.45, 7) is 1.24. The maximum Gasteiger partial charge on any atom is 0.332 e. The molecule has 0 bridgehead atoms. The van der Waals surface area contributed by atoms with Gasteiger partial charge in [0.25, 0.3) is 5.56 Å². The summed E-state index contributed by atoms with van der Waals surface area (Å²) in [5.41, 5.74) is 1.18. The fraction of sp³-hybridized carbons (Fsp3) is 0.333. The van der Waals surface area contributed by atoms with Gasteiger partial charge in [-0.1, -0.05) is 30.3 Å². The molecule has 0 unspecified atom stereocenters. The summed E-state index contributed by atoms with van der Waals surface area (Å²) in [5, 5.41) is 0. The highest BCUT2D eigenvalue weighted by atomic mass is 16.2. The fourth-order valence-electron chi connectivity index (χ4n) is 2.86. The number of nitrogens with zero attached hydrogens (tertiary/aromatic N) is 4. The Hall–Kier alpha value is -2.50. The second-order valence-electron chi connectivity index (χ2n) is 5.40. The number of hydrogen-bond acceptors (Lipinski definition) is 4. The number of fused-ring (bicyclic) bond motifs is 1. The van der Waals surface area contributed by atoms with Crippen LogP contribution in [0.2, 0.25) is 0 Å². The van der Waals surface area contributed by atoms with Gasteiger partial charge in [0.05, 0.1) is 6.67 Å². The normalized spacial score (nSPS) is 13.7. The van der Waals surface area contributed by atoms with Crippen LogP contribution in [-0.4, -0.2) is 22.9 Å². The SMILES string of the molecule is CN1CN(Cc2ccccc2)c2c1n(C)c(=O)n(C)c2=O. The van der Waals surface area contributed by atoms with E-state index in [4.69, 9.17) is 0 Å². The van der Waals surface area contributed by atoms with Gasteiger partial charge in [0.15, 0.2) is 0 Å². The second kappa shape index (κ2) is 4.80. The second-order valence-corrected chi connectivity index (χ2v) is 5.40. The van der Waals surface area contributed by atoms with Crippen LogP contribution in [0.3, 0.4) is 0 Å². The predicted octanol–water partition coefficient (Wildman–Crippen LogP) is 0.498. The molecule has 2 aromatic rings. The molecule has 0 aliphatic carbocycles. The molecule has 1 aromatic heterocycles. The van der Waals surface area contributed by atoms with Gasteiger partial charge in [-0.15, -0.1) is 0 Å². The standard InChI is InChI=1S/C15H18N4O2/c1-16-10-19(9-11-7-5-4-6-8-11)12-13(16)17(2)15(21)18(3)14(12)20/h4-8H,9-10H2,1-3H3. The average Bonchev–Trinajstić information content (AvgIpc) is 2.80. The van der Waals surface area contributed by atoms with Crippen molar-refractivity contribution < 1.29 is 0 Å². The van der Waals surface area contributed by atoms with E-state index in [1.54, 1.807) is 7.05 Å². The third-order valence-corrected chi connectivity index (χ3v) is 3.89. The van der Waals surface area contributed by atoms with Crippen LogP contribution in [0.15, 0.2) is 39.9 Å². The van der Waals surface area contributed by atoms with E-state index >= 15 is 0 Å². The zero-order valence-corrected chi connectivity index (χ0v) is 12.4. The fourth-order valence-corrected chi connectivity index (χ4v) is 2.86. The van der Waals surface area contributed by atoms with Gasteiger partial charge in [0.1, 0.15) is 11.5 Å². The molecule has 0 atom stereocenters. The van der Waals surface area contributed by atoms with E-state index < -0.39 is 0 Å². The Labute approximate surface area is 122 Å². The Morgan fingerprint density at radius 2 is 1.67 bits per heavy atom. The molecule has 0 N–H and O–H groups in total. The van der Waals surface area contributed by atoms with Crippen molar-refractivity contribution >= 4 is 11.5 Å². The van der Waals surface area contributed by atoms with Crippen molar-refractivity contribution in [2.24, 2.45) is 14.1 Å². The molecule has 21 heavy (non-hydrogen) atoms. The van der Waals surface area contributed by atoms with Crippen LogP contribution in [0.1, 0.15) is 5.56 Å². The van der Waals surface area contributed by atoms with Crippen molar-refractivity contribution in [2.75, 3.05) is 23.5 Å². The zero-order chi connectivity index (χ0) is 15.1. The maximum atomic E-state index is 12.5. The lowest BCUT2D eigenvalue weighted by molar-refractivity contribution is 0.689. The lowest BCUT2D eigenvalue weighted by Gasteiger charge is -2.18. The number of anilines is 2. The molecule has 0 radical (unpaired) electrons. The van der Waals surface area contributed by atoms with Crippen LogP contribution in [0.25, 0.3) is 0 Å². The van der Waals surface area contributed by atoms with Crippen LogP contribution in [0.5, 0.6) is 0 Å². The molecule has 1 aliphatic rings. The highest BCUT2D eigenvalue weighted by Gasteiger charge is 2.30. The lowest BCUT2D eigenvalue weighted by atomic mass is 10.2. The van der Waals surface area contributed by atoms with Crippen molar-refractivity contribution in [3.8, 4) is 0 Å². The minimum absolute atomic E-state index is 0.242. The molecule has 0 saturated carbocycles. The maximum absolute atomic E-state index is 12.5. The van der Waals surface area contributed by atoms with E-state index in [2.05, 4.69) is 0 Å². The number of hydrogen-bond donors (Lipinski definition) is 0. The molecule has 0 saturated heterocycles. The molecule has 2 heterocycles. The first kappa shape index (κ1) is 13.5. The Morgan fingerprint density at radius 1 is 1.00 bits per heavy atom. The number of benzene rings is 1. The van der Waals surface area contributed by atoms with Crippen LogP contribution < -0.4 is 21.0 Å². The van der Waals surface area contributed by atoms with E-state index in [1.165, 1.54) is 11.6 Å². The van der Waals surface area contributed by atoms with Crippen molar-refractivity contribution in [2.45, 2.75) is 6.54 Å². The van der Waals surface area contributed by atoms with Gasteiger partial charge >= 0.3 is 5.69 Å². The lowest BCUT2D eigenvalue weighted by Crippen LogP contribution is -2.39. The van der Waals surface area contributed by atoms with Gasteiger partial charge in [-0.2, -0.15) is 0 Å². The van der Waals surface area contributed by atoms with Gasteiger partial charge < -0.3 is 9.80 Å². The Morgan fingerprint density at radius 3 is 2.33 bits per heavy atom. The topological polar surface area (TPSA) is 50.5 Å². The quantitative estimate of drug-likeness (QED) is 0.806. The summed E-state index contributed by atoms with van der Waals surface area (Å²) < 4.78 is 2.69. The molecule has 6 nitrogen and oxygen atoms in total. The van der Waals surface area contributed by atoms with Crippen molar-refractivity contribution in [3.05, 3.63) is 56.7 Å². The van der Waals surface area contributed by atoms with Gasteiger partial charge in [0.2, 0.25) is 0 Å². The first-order chi connectivity index (χ1) is 10.0. The summed E-state index contributed by atoms with van der Waals surface area (Å²) >= 11 is 0. The molecule has 3 rings (SSSR count). The number of rotatable bonds is 2. The molecule has 6 heteroatoms. The van der Waals surface area contributed by atoms with E-state index in [9.17, 15) is 9.59 Å². The summed E-state index contributed by atoms with van der Waals surface area (Å²) in [6.07, 6.45) is 0. The Balaban J connectivity index is 2.12. The number of aromatic nitrogens is 2. The Kier molecular flexibility index (Phi) is 3.08. The molecule has 0 spiro atoms. The monoisotopic (exact) mass is 286 g/mol. The Bertz CT molecular complexity index is 792. The molecular formula is C15H18N4O2. The third-order valence-electron chi connectivity index (χ3n) is 3.89. The predicted molar refractivity (Wildman–Crippen MR) is 82.8 cm³/mol. The zero-order valence-electron chi connectivity index (χ0n) is 12.4. The summed E-state index contributed by atoms with van der Waals surface area (Å²) in [5.74, 6) is 0.680. The van der Waals surface area contributed by atoms with Crippen LogP contribution in [-0.2, 0) is 20.6 Å². The molecule has 1 aromatic carbocycles. The highest BCUT2D eigenvalue weighted by molar-refractivity contribution is 5.71.